The number of carbonyl (C=O) groups excluding carboxylic acids is 2. The van der Waals surface area contributed by atoms with Gasteiger partial charge in [-0.05, 0) is 43.8 Å². The van der Waals surface area contributed by atoms with Crippen molar-refractivity contribution in [2.45, 2.75) is 84.5 Å². The Bertz CT molecular complexity index is 598. The zero-order chi connectivity index (χ0) is 20.4. The van der Waals surface area contributed by atoms with Crippen LogP contribution in [0, 0.1) is 11.8 Å². The average Bonchev–Trinajstić information content (AvgIpc) is 3.04. The molecule has 6 heteroatoms. The van der Waals surface area contributed by atoms with E-state index in [-0.39, 0.29) is 41.2 Å². The van der Waals surface area contributed by atoms with E-state index in [9.17, 15) is 9.59 Å². The Morgan fingerprint density at radius 1 is 1.30 bits per heavy atom. The fraction of sp³-hybridized carbons (Fsp3) is 0.810. The highest BCUT2D eigenvalue weighted by Crippen LogP contribution is 2.44. The molecule has 1 aliphatic carbocycles. The van der Waals surface area contributed by atoms with Crippen LogP contribution in [0.1, 0.15) is 60.3 Å². The van der Waals surface area contributed by atoms with Crippen LogP contribution in [0.2, 0.25) is 18.1 Å². The Labute approximate surface area is 165 Å². The molecule has 2 rings (SSSR count). The Balaban J connectivity index is 2.42. The van der Waals surface area contributed by atoms with E-state index in [1.54, 1.807) is 0 Å². The SMILES string of the molecule is CCOC(=O)C[C@H]1/C(=C2\CCCN2)C(=O)C[C@H](C)[C@@H]1O[Si](C)(C)C(C)(C)C. The van der Waals surface area contributed by atoms with Gasteiger partial charge >= 0.3 is 5.97 Å². The molecule has 1 aliphatic heterocycles. The molecule has 1 heterocycles. The van der Waals surface area contributed by atoms with Crippen LogP contribution in [-0.2, 0) is 18.8 Å². The molecule has 1 saturated carbocycles. The summed E-state index contributed by atoms with van der Waals surface area (Å²) in [5, 5.41) is 3.45. The first-order valence-corrected chi connectivity index (χ1v) is 13.2. The third-order valence-electron chi connectivity index (χ3n) is 6.33. The number of rotatable bonds is 5. The van der Waals surface area contributed by atoms with Gasteiger partial charge in [-0.1, -0.05) is 27.7 Å². The number of carbonyl (C=O) groups is 2. The van der Waals surface area contributed by atoms with Crippen LogP contribution in [0.5, 0.6) is 0 Å². The lowest BCUT2D eigenvalue weighted by atomic mass is 9.73. The minimum Gasteiger partial charge on any atom is -0.466 e. The molecule has 0 spiro atoms. The summed E-state index contributed by atoms with van der Waals surface area (Å²) in [6.45, 7) is 16.3. The second-order valence-electron chi connectivity index (χ2n) is 9.49. The molecule has 5 nitrogen and oxygen atoms in total. The van der Waals surface area contributed by atoms with Gasteiger partial charge in [0.25, 0.3) is 0 Å². The Morgan fingerprint density at radius 3 is 2.48 bits per heavy atom. The molecule has 27 heavy (non-hydrogen) atoms. The molecular formula is C21H37NO4Si. The lowest BCUT2D eigenvalue weighted by Crippen LogP contribution is -2.51. The molecule has 154 valence electrons. The highest BCUT2D eigenvalue weighted by molar-refractivity contribution is 6.74. The van der Waals surface area contributed by atoms with Gasteiger partial charge in [0, 0.05) is 30.2 Å². The van der Waals surface area contributed by atoms with E-state index < -0.39 is 8.32 Å². The van der Waals surface area contributed by atoms with Crippen molar-refractivity contribution in [2.75, 3.05) is 13.2 Å². The van der Waals surface area contributed by atoms with Crippen molar-refractivity contribution in [3.05, 3.63) is 11.3 Å². The molecule has 0 amide bonds. The quantitative estimate of drug-likeness (QED) is 0.429. The fourth-order valence-electron chi connectivity index (χ4n) is 3.83. The summed E-state index contributed by atoms with van der Waals surface area (Å²) in [6.07, 6.45) is 2.48. The summed E-state index contributed by atoms with van der Waals surface area (Å²) < 4.78 is 12.0. The third-order valence-corrected chi connectivity index (χ3v) is 10.8. The number of nitrogens with one attached hydrogen (secondary N) is 1. The highest BCUT2D eigenvalue weighted by atomic mass is 28.4. The molecule has 0 radical (unpaired) electrons. The van der Waals surface area contributed by atoms with Crippen molar-refractivity contribution in [3.63, 3.8) is 0 Å². The number of ketones is 1. The maximum absolute atomic E-state index is 13.0. The number of hydrogen-bond donors (Lipinski definition) is 1. The number of esters is 1. The van der Waals surface area contributed by atoms with Crippen molar-refractivity contribution >= 4 is 20.1 Å². The zero-order valence-corrected chi connectivity index (χ0v) is 19.1. The van der Waals surface area contributed by atoms with Gasteiger partial charge in [0.05, 0.1) is 19.1 Å². The Hall–Kier alpha value is -1.14. The first-order valence-electron chi connectivity index (χ1n) is 10.3. The Morgan fingerprint density at radius 2 is 1.96 bits per heavy atom. The monoisotopic (exact) mass is 395 g/mol. The van der Waals surface area contributed by atoms with E-state index in [0.717, 1.165) is 30.7 Å². The van der Waals surface area contributed by atoms with Crippen LogP contribution in [-0.4, -0.2) is 39.3 Å². The van der Waals surface area contributed by atoms with Gasteiger partial charge in [0.15, 0.2) is 14.1 Å². The van der Waals surface area contributed by atoms with Gasteiger partial charge in [0.2, 0.25) is 0 Å². The maximum atomic E-state index is 13.0. The number of ether oxygens (including phenoxy) is 1. The van der Waals surface area contributed by atoms with Crippen LogP contribution >= 0.6 is 0 Å². The van der Waals surface area contributed by atoms with E-state index in [0.29, 0.717) is 13.0 Å². The van der Waals surface area contributed by atoms with E-state index in [2.05, 4.69) is 46.1 Å². The molecule has 0 bridgehead atoms. The molecule has 1 N–H and O–H groups in total. The van der Waals surface area contributed by atoms with Gasteiger partial charge in [-0.25, -0.2) is 0 Å². The van der Waals surface area contributed by atoms with Gasteiger partial charge in [-0.15, -0.1) is 0 Å². The van der Waals surface area contributed by atoms with Crippen molar-refractivity contribution in [2.24, 2.45) is 11.8 Å². The second-order valence-corrected chi connectivity index (χ2v) is 14.2. The normalized spacial score (nSPS) is 29.6. The van der Waals surface area contributed by atoms with E-state index in [4.69, 9.17) is 9.16 Å². The summed E-state index contributed by atoms with van der Waals surface area (Å²) in [4.78, 5) is 25.3. The van der Waals surface area contributed by atoms with Crippen molar-refractivity contribution in [3.8, 4) is 0 Å². The van der Waals surface area contributed by atoms with Crippen molar-refractivity contribution in [1.29, 1.82) is 0 Å². The summed E-state index contributed by atoms with van der Waals surface area (Å²) in [5.74, 6) is -0.215. The maximum Gasteiger partial charge on any atom is 0.306 e. The van der Waals surface area contributed by atoms with E-state index >= 15 is 0 Å². The standard InChI is InChI=1S/C21H37NO4Si/c1-8-25-18(24)13-15-19(16-10-9-11-22-16)17(23)12-14(2)20(15)26-27(6,7)21(3,4)5/h14-15,20,22H,8-13H2,1-7H3/b19-16-/t14-,15-,20-/m0/s1. The van der Waals surface area contributed by atoms with Crippen LogP contribution in [0.3, 0.4) is 0 Å². The minimum atomic E-state index is -2.04. The Kier molecular flexibility index (Phi) is 6.95. The van der Waals surface area contributed by atoms with E-state index in [1.165, 1.54) is 0 Å². The number of allylic oxidation sites excluding steroid dienone is 1. The predicted octanol–water partition coefficient (Wildman–Crippen LogP) is 4.19. The molecule has 2 aliphatic rings. The lowest BCUT2D eigenvalue weighted by molar-refractivity contribution is -0.145. The summed E-state index contributed by atoms with van der Waals surface area (Å²) in [5.41, 5.74) is 1.81. The van der Waals surface area contributed by atoms with Crippen molar-refractivity contribution in [1.82, 2.24) is 5.32 Å². The summed E-state index contributed by atoms with van der Waals surface area (Å²) in [7, 11) is -2.04. The third kappa shape index (κ3) is 5.02. The van der Waals surface area contributed by atoms with Gasteiger partial charge in [-0.3, -0.25) is 9.59 Å². The second kappa shape index (κ2) is 8.48. The molecular weight excluding hydrogens is 358 g/mol. The van der Waals surface area contributed by atoms with Gasteiger partial charge < -0.3 is 14.5 Å². The largest absolute Gasteiger partial charge is 0.466 e. The molecule has 0 aromatic carbocycles. The van der Waals surface area contributed by atoms with Gasteiger partial charge in [-0.2, -0.15) is 0 Å². The summed E-state index contributed by atoms with van der Waals surface area (Å²) >= 11 is 0. The lowest BCUT2D eigenvalue weighted by Gasteiger charge is -2.45. The van der Waals surface area contributed by atoms with Crippen LogP contribution in [0.15, 0.2) is 11.3 Å². The smallest absolute Gasteiger partial charge is 0.306 e. The molecule has 0 unspecified atom stereocenters. The van der Waals surface area contributed by atoms with Crippen LogP contribution in [0.4, 0.5) is 0 Å². The van der Waals surface area contributed by atoms with Crippen molar-refractivity contribution < 1.29 is 18.8 Å². The summed E-state index contributed by atoms with van der Waals surface area (Å²) in [6, 6.07) is 0. The topological polar surface area (TPSA) is 64.6 Å². The fourth-order valence-corrected chi connectivity index (χ4v) is 5.26. The van der Waals surface area contributed by atoms with E-state index in [1.807, 2.05) is 6.92 Å². The molecule has 3 atom stereocenters. The first kappa shape index (κ1) is 22.1. The number of Topliss-reactive ketones (excluding diaryl/α,β-unsaturated/α-hetero) is 1. The molecule has 0 aromatic heterocycles. The number of hydrogen-bond acceptors (Lipinski definition) is 5. The zero-order valence-electron chi connectivity index (χ0n) is 18.1. The average molecular weight is 396 g/mol. The molecule has 1 saturated heterocycles. The highest BCUT2D eigenvalue weighted by Gasteiger charge is 2.47. The minimum absolute atomic E-state index is 0.0710. The predicted molar refractivity (Wildman–Crippen MR) is 110 cm³/mol. The molecule has 2 fully saturated rings. The first-order chi connectivity index (χ1) is 12.5. The van der Waals surface area contributed by atoms with Crippen LogP contribution in [0.25, 0.3) is 0 Å². The van der Waals surface area contributed by atoms with Crippen LogP contribution < -0.4 is 5.32 Å². The molecule has 0 aromatic rings. The van der Waals surface area contributed by atoms with Gasteiger partial charge in [0.1, 0.15) is 0 Å².